The zero-order valence-electron chi connectivity index (χ0n) is 12.0. The molecule has 1 aromatic carbocycles. The van der Waals surface area contributed by atoms with Crippen LogP contribution >= 0.6 is 11.3 Å². The number of nitro groups is 1. The normalized spacial score (nSPS) is 11.6. The first-order valence-corrected chi connectivity index (χ1v) is 7.43. The van der Waals surface area contributed by atoms with Gasteiger partial charge in [0.2, 0.25) is 5.91 Å². The van der Waals surface area contributed by atoms with Crippen molar-refractivity contribution >= 4 is 28.3 Å². The SMILES string of the molecule is O=C(/C=C/c1ccc([N+](=O)[O-])s1)NCc1cccc(C(F)(F)F)c1. The fourth-order valence-corrected chi connectivity index (χ4v) is 2.52. The van der Waals surface area contributed by atoms with Crippen molar-refractivity contribution in [3.63, 3.8) is 0 Å². The van der Waals surface area contributed by atoms with E-state index >= 15 is 0 Å². The average Bonchev–Trinajstić information content (AvgIpc) is 2.99. The van der Waals surface area contributed by atoms with Gasteiger partial charge >= 0.3 is 11.2 Å². The molecule has 0 atom stereocenters. The lowest BCUT2D eigenvalue weighted by Gasteiger charge is -2.08. The molecule has 1 aromatic heterocycles. The molecule has 0 spiro atoms. The number of alkyl halides is 3. The second-order valence-corrected chi connectivity index (χ2v) is 5.78. The predicted octanol–water partition coefficient (Wildman–Crippen LogP) is 4.00. The minimum Gasteiger partial charge on any atom is -0.348 e. The van der Waals surface area contributed by atoms with Crippen LogP contribution in [0.2, 0.25) is 0 Å². The second-order valence-electron chi connectivity index (χ2n) is 4.68. The van der Waals surface area contributed by atoms with Gasteiger partial charge in [0.15, 0.2) is 0 Å². The highest BCUT2D eigenvalue weighted by Crippen LogP contribution is 2.29. The first-order valence-electron chi connectivity index (χ1n) is 6.62. The van der Waals surface area contributed by atoms with Crippen LogP contribution in [0, 0.1) is 10.1 Å². The lowest BCUT2D eigenvalue weighted by atomic mass is 10.1. The molecule has 0 saturated heterocycles. The van der Waals surface area contributed by atoms with Crippen LogP contribution in [0.15, 0.2) is 42.5 Å². The summed E-state index contributed by atoms with van der Waals surface area (Å²) in [5, 5.41) is 13.0. The van der Waals surface area contributed by atoms with Gasteiger partial charge in [-0.05, 0) is 29.8 Å². The van der Waals surface area contributed by atoms with Gasteiger partial charge in [-0.1, -0.05) is 23.5 Å². The summed E-state index contributed by atoms with van der Waals surface area (Å²) < 4.78 is 37.8. The fourth-order valence-electron chi connectivity index (χ4n) is 1.79. The third-order valence-corrected chi connectivity index (χ3v) is 3.91. The quantitative estimate of drug-likeness (QED) is 0.500. The molecule has 5 nitrogen and oxygen atoms in total. The third kappa shape index (κ3) is 4.92. The van der Waals surface area contributed by atoms with E-state index in [-0.39, 0.29) is 11.5 Å². The van der Waals surface area contributed by atoms with Crippen molar-refractivity contribution in [2.75, 3.05) is 0 Å². The maximum Gasteiger partial charge on any atom is 0.416 e. The molecule has 0 aliphatic carbocycles. The van der Waals surface area contributed by atoms with E-state index in [0.29, 0.717) is 10.4 Å². The Hall–Kier alpha value is -2.68. The number of amides is 1. The Morgan fingerprint density at radius 3 is 2.67 bits per heavy atom. The van der Waals surface area contributed by atoms with Crippen LogP contribution in [0.1, 0.15) is 16.0 Å². The zero-order chi connectivity index (χ0) is 17.7. The number of rotatable bonds is 5. The summed E-state index contributed by atoms with van der Waals surface area (Å²) in [5.74, 6) is -0.511. The van der Waals surface area contributed by atoms with E-state index in [1.165, 1.54) is 36.4 Å². The van der Waals surface area contributed by atoms with E-state index in [1.54, 1.807) is 0 Å². The first kappa shape index (κ1) is 17.7. The van der Waals surface area contributed by atoms with Crippen molar-refractivity contribution in [3.8, 4) is 0 Å². The van der Waals surface area contributed by atoms with E-state index in [4.69, 9.17) is 0 Å². The monoisotopic (exact) mass is 356 g/mol. The molecule has 9 heteroatoms. The highest BCUT2D eigenvalue weighted by Gasteiger charge is 2.30. The summed E-state index contributed by atoms with van der Waals surface area (Å²) in [5.41, 5.74) is -0.464. The first-order chi connectivity index (χ1) is 11.3. The number of carbonyl (C=O) groups excluding carboxylic acids is 1. The van der Waals surface area contributed by atoms with E-state index < -0.39 is 22.6 Å². The topological polar surface area (TPSA) is 72.2 Å². The lowest BCUT2D eigenvalue weighted by Crippen LogP contribution is -2.20. The van der Waals surface area contributed by atoms with E-state index in [9.17, 15) is 28.1 Å². The molecule has 1 amide bonds. The Labute approximate surface area is 138 Å². The van der Waals surface area contributed by atoms with Crippen molar-refractivity contribution in [2.45, 2.75) is 12.7 Å². The Balaban J connectivity index is 1.93. The molecule has 1 N–H and O–H groups in total. The van der Waals surface area contributed by atoms with Crippen LogP contribution in [0.3, 0.4) is 0 Å². The van der Waals surface area contributed by atoms with Crippen molar-refractivity contribution in [1.82, 2.24) is 5.32 Å². The molecule has 2 aromatic rings. The Bertz CT molecular complexity index is 784. The number of halogens is 3. The Morgan fingerprint density at radius 2 is 2.04 bits per heavy atom. The molecule has 1 heterocycles. The predicted molar refractivity (Wildman–Crippen MR) is 83.3 cm³/mol. The molecule has 0 radical (unpaired) electrons. The number of hydrogen-bond donors (Lipinski definition) is 1. The second kappa shape index (κ2) is 7.26. The molecule has 0 aliphatic rings. The molecule has 0 unspecified atom stereocenters. The summed E-state index contributed by atoms with van der Waals surface area (Å²) in [6.45, 7) is -0.0579. The summed E-state index contributed by atoms with van der Waals surface area (Å²) in [4.78, 5) is 22.2. The molecular formula is C15H11F3N2O3S. The summed E-state index contributed by atoms with van der Waals surface area (Å²) in [6.07, 6.45) is -1.86. The van der Waals surface area contributed by atoms with E-state index in [1.807, 2.05) is 0 Å². The lowest BCUT2D eigenvalue weighted by molar-refractivity contribution is -0.380. The van der Waals surface area contributed by atoms with Gasteiger partial charge in [0, 0.05) is 23.6 Å². The molecule has 0 bridgehead atoms. The van der Waals surface area contributed by atoms with Crippen LogP contribution in [0.5, 0.6) is 0 Å². The number of nitrogens with one attached hydrogen (secondary N) is 1. The fraction of sp³-hybridized carbons (Fsp3) is 0.133. The van der Waals surface area contributed by atoms with Gasteiger partial charge < -0.3 is 5.32 Å². The van der Waals surface area contributed by atoms with E-state index in [0.717, 1.165) is 23.5 Å². The van der Waals surface area contributed by atoms with Crippen molar-refractivity contribution < 1.29 is 22.9 Å². The van der Waals surface area contributed by atoms with Gasteiger partial charge in [-0.3, -0.25) is 14.9 Å². The average molecular weight is 356 g/mol. The van der Waals surface area contributed by atoms with E-state index in [2.05, 4.69) is 5.32 Å². The highest BCUT2D eigenvalue weighted by molar-refractivity contribution is 7.16. The number of nitrogens with zero attached hydrogens (tertiary/aromatic N) is 1. The summed E-state index contributed by atoms with van der Waals surface area (Å²) in [7, 11) is 0. The maximum atomic E-state index is 12.6. The molecule has 0 saturated carbocycles. The van der Waals surface area contributed by atoms with Crippen LogP contribution in [-0.4, -0.2) is 10.8 Å². The summed E-state index contributed by atoms with van der Waals surface area (Å²) in [6, 6.07) is 7.48. The number of hydrogen-bond acceptors (Lipinski definition) is 4. The number of carbonyl (C=O) groups is 1. The maximum absolute atomic E-state index is 12.6. The standard InChI is InChI=1S/C15H11F3N2O3S/c16-15(17,18)11-3-1-2-10(8-11)9-19-13(21)6-4-12-5-7-14(24-12)20(22)23/h1-8H,9H2,(H,19,21)/b6-4+. The summed E-state index contributed by atoms with van der Waals surface area (Å²) >= 11 is 0.911. The van der Waals surface area contributed by atoms with Gasteiger partial charge in [-0.15, -0.1) is 0 Å². The van der Waals surface area contributed by atoms with Crippen molar-refractivity contribution in [3.05, 3.63) is 68.6 Å². The van der Waals surface area contributed by atoms with Gasteiger partial charge in [0.05, 0.1) is 10.5 Å². The third-order valence-electron chi connectivity index (χ3n) is 2.91. The molecule has 126 valence electrons. The molecule has 0 aliphatic heterocycles. The molecular weight excluding hydrogens is 345 g/mol. The van der Waals surface area contributed by atoms with Gasteiger partial charge in [0.25, 0.3) is 0 Å². The largest absolute Gasteiger partial charge is 0.416 e. The molecule has 0 fully saturated rings. The van der Waals surface area contributed by atoms with Crippen molar-refractivity contribution in [1.29, 1.82) is 0 Å². The van der Waals surface area contributed by atoms with Gasteiger partial charge in [0.1, 0.15) is 0 Å². The van der Waals surface area contributed by atoms with Crippen LogP contribution in [0.25, 0.3) is 6.08 Å². The number of thiophene rings is 1. The zero-order valence-corrected chi connectivity index (χ0v) is 12.9. The minimum atomic E-state index is -4.44. The van der Waals surface area contributed by atoms with Crippen LogP contribution in [-0.2, 0) is 17.5 Å². The minimum absolute atomic E-state index is 0.0426. The number of benzene rings is 1. The van der Waals surface area contributed by atoms with Crippen molar-refractivity contribution in [2.24, 2.45) is 0 Å². The molecule has 24 heavy (non-hydrogen) atoms. The smallest absolute Gasteiger partial charge is 0.348 e. The van der Waals surface area contributed by atoms with Crippen LogP contribution < -0.4 is 5.32 Å². The Kier molecular flexibility index (Phi) is 5.35. The van der Waals surface area contributed by atoms with Crippen LogP contribution in [0.4, 0.5) is 18.2 Å². The molecule has 2 rings (SSSR count). The van der Waals surface area contributed by atoms with Gasteiger partial charge in [-0.25, -0.2) is 0 Å². The highest BCUT2D eigenvalue weighted by atomic mass is 32.1. The van der Waals surface area contributed by atoms with Gasteiger partial charge in [-0.2, -0.15) is 13.2 Å². The Morgan fingerprint density at radius 1 is 1.29 bits per heavy atom.